The van der Waals surface area contributed by atoms with Crippen LogP contribution in [0.3, 0.4) is 0 Å². The fraction of sp³-hybridized carbons (Fsp3) is 0.333. The number of aliphatic hydroxyl groups excluding tert-OH is 2. The number of primary amides is 1. The largest absolute Gasteiger partial charge is 0.395 e. The van der Waals surface area contributed by atoms with Crippen LogP contribution >= 0.6 is 0 Å². The molecular weight excluding hydrogens is 282 g/mol. The van der Waals surface area contributed by atoms with E-state index in [9.17, 15) is 19.7 Å². The molecule has 0 saturated heterocycles. The van der Waals surface area contributed by atoms with E-state index >= 15 is 0 Å². The Morgan fingerprint density at radius 3 is 2.10 bits per heavy atom. The number of carbonyl (C=O) groups is 2. The van der Waals surface area contributed by atoms with Gasteiger partial charge in [-0.3, -0.25) is 19.7 Å². The Morgan fingerprint density at radius 2 is 1.67 bits per heavy atom. The zero-order valence-electron chi connectivity index (χ0n) is 11.1. The van der Waals surface area contributed by atoms with Gasteiger partial charge in [-0.15, -0.1) is 0 Å². The quantitative estimate of drug-likeness (QED) is 0.440. The molecule has 21 heavy (non-hydrogen) atoms. The van der Waals surface area contributed by atoms with Crippen molar-refractivity contribution in [2.45, 2.75) is 0 Å². The van der Waals surface area contributed by atoms with Crippen molar-refractivity contribution in [2.75, 3.05) is 26.3 Å². The fourth-order valence-corrected chi connectivity index (χ4v) is 1.72. The van der Waals surface area contributed by atoms with E-state index in [1.165, 1.54) is 0 Å². The lowest BCUT2D eigenvalue weighted by atomic mass is 10.1. The summed E-state index contributed by atoms with van der Waals surface area (Å²) in [5.41, 5.74) is 4.36. The van der Waals surface area contributed by atoms with Crippen LogP contribution in [0.15, 0.2) is 18.2 Å². The molecular formula is C12H15N3O6. The maximum atomic E-state index is 12.2. The fourth-order valence-electron chi connectivity index (χ4n) is 1.72. The Hall–Kier alpha value is -2.52. The van der Waals surface area contributed by atoms with E-state index in [0.717, 1.165) is 23.1 Å². The summed E-state index contributed by atoms with van der Waals surface area (Å²) in [7, 11) is 0. The molecule has 0 aromatic heterocycles. The highest BCUT2D eigenvalue weighted by Gasteiger charge is 2.20. The van der Waals surface area contributed by atoms with Gasteiger partial charge in [-0.1, -0.05) is 0 Å². The first-order valence-electron chi connectivity index (χ1n) is 6.01. The third-order valence-corrected chi connectivity index (χ3v) is 2.69. The minimum absolute atomic E-state index is 0.0476. The van der Waals surface area contributed by atoms with Gasteiger partial charge in [0.15, 0.2) is 0 Å². The molecule has 0 saturated carbocycles. The number of carbonyl (C=O) groups excluding carboxylic acids is 2. The van der Waals surface area contributed by atoms with Crippen LogP contribution in [0.4, 0.5) is 5.69 Å². The Labute approximate surface area is 119 Å². The van der Waals surface area contributed by atoms with Crippen LogP contribution in [0.1, 0.15) is 20.7 Å². The Bertz CT molecular complexity index is 522. The Morgan fingerprint density at radius 1 is 1.14 bits per heavy atom. The first-order valence-corrected chi connectivity index (χ1v) is 6.01. The first kappa shape index (κ1) is 16.5. The molecule has 0 fully saturated rings. The summed E-state index contributed by atoms with van der Waals surface area (Å²) < 4.78 is 0. The molecule has 9 heteroatoms. The highest BCUT2D eigenvalue weighted by molar-refractivity contribution is 6.00. The number of hydrogen-bond acceptors (Lipinski definition) is 6. The standard InChI is InChI=1S/C12H15N3O6/c13-11(18)8-5-9(7-10(6-8)15(20)21)12(19)14(1-3-16)2-4-17/h5-7,16-17H,1-4H2,(H2,13,18). The number of nitrogens with zero attached hydrogens (tertiary/aromatic N) is 2. The summed E-state index contributed by atoms with van der Waals surface area (Å²) in [6.45, 7) is -0.755. The van der Waals surface area contributed by atoms with Crippen molar-refractivity contribution in [2.24, 2.45) is 5.73 Å². The highest BCUT2D eigenvalue weighted by atomic mass is 16.6. The van der Waals surface area contributed by atoms with Crippen LogP contribution in [-0.2, 0) is 0 Å². The number of benzene rings is 1. The molecule has 0 aliphatic carbocycles. The third-order valence-electron chi connectivity index (χ3n) is 2.69. The zero-order valence-corrected chi connectivity index (χ0v) is 11.1. The van der Waals surface area contributed by atoms with Crippen LogP contribution in [-0.4, -0.2) is 58.2 Å². The molecule has 1 aromatic carbocycles. The summed E-state index contributed by atoms with van der Waals surface area (Å²) >= 11 is 0. The average Bonchev–Trinajstić information content (AvgIpc) is 2.45. The van der Waals surface area contributed by atoms with E-state index in [0.29, 0.717) is 0 Å². The first-order chi connectivity index (χ1) is 9.90. The van der Waals surface area contributed by atoms with Gasteiger partial charge < -0.3 is 20.8 Å². The maximum absolute atomic E-state index is 12.2. The number of rotatable bonds is 7. The summed E-state index contributed by atoms with van der Waals surface area (Å²) in [5, 5.41) is 28.6. The minimum atomic E-state index is -0.899. The molecule has 2 amide bonds. The van der Waals surface area contributed by atoms with Gasteiger partial charge in [0.1, 0.15) is 0 Å². The zero-order chi connectivity index (χ0) is 16.0. The normalized spacial score (nSPS) is 10.2. The SMILES string of the molecule is NC(=O)c1cc(C(=O)N(CCO)CCO)cc([N+](=O)[O-])c1. The predicted molar refractivity (Wildman–Crippen MR) is 71.7 cm³/mol. The summed E-state index contributed by atoms with van der Waals surface area (Å²) in [5.74, 6) is -1.55. The van der Waals surface area contributed by atoms with E-state index in [1.807, 2.05) is 0 Å². The number of aliphatic hydroxyl groups is 2. The maximum Gasteiger partial charge on any atom is 0.271 e. The molecule has 4 N–H and O–H groups in total. The van der Waals surface area contributed by atoms with Crippen LogP contribution in [0.2, 0.25) is 0 Å². The number of nitrogens with two attached hydrogens (primary N) is 1. The van der Waals surface area contributed by atoms with Crippen molar-refractivity contribution in [1.29, 1.82) is 0 Å². The van der Waals surface area contributed by atoms with Gasteiger partial charge in [-0.2, -0.15) is 0 Å². The highest BCUT2D eigenvalue weighted by Crippen LogP contribution is 2.18. The van der Waals surface area contributed by atoms with Crippen molar-refractivity contribution in [1.82, 2.24) is 4.90 Å². The predicted octanol–water partition coefficient (Wildman–Crippen LogP) is -0.879. The lowest BCUT2D eigenvalue weighted by Crippen LogP contribution is -2.36. The molecule has 0 bridgehead atoms. The van der Waals surface area contributed by atoms with Crippen LogP contribution in [0.25, 0.3) is 0 Å². The molecule has 9 nitrogen and oxygen atoms in total. The summed E-state index contributed by atoms with van der Waals surface area (Å²) in [6, 6.07) is 3.12. The Kier molecular flexibility index (Phi) is 5.76. The van der Waals surface area contributed by atoms with Crippen molar-refractivity contribution in [3.63, 3.8) is 0 Å². The topological polar surface area (TPSA) is 147 Å². The molecule has 1 aromatic rings. The van der Waals surface area contributed by atoms with E-state index in [2.05, 4.69) is 0 Å². The smallest absolute Gasteiger partial charge is 0.271 e. The molecule has 0 radical (unpaired) electrons. The van der Waals surface area contributed by atoms with Crippen molar-refractivity contribution in [3.05, 3.63) is 39.4 Å². The van der Waals surface area contributed by atoms with Gasteiger partial charge in [0, 0.05) is 36.3 Å². The second-order valence-corrected chi connectivity index (χ2v) is 4.13. The Balaban J connectivity index is 3.23. The van der Waals surface area contributed by atoms with E-state index in [1.54, 1.807) is 0 Å². The van der Waals surface area contributed by atoms with Gasteiger partial charge in [-0.05, 0) is 6.07 Å². The molecule has 0 atom stereocenters. The lowest BCUT2D eigenvalue weighted by molar-refractivity contribution is -0.384. The van der Waals surface area contributed by atoms with E-state index in [-0.39, 0.29) is 37.4 Å². The van der Waals surface area contributed by atoms with E-state index < -0.39 is 22.4 Å². The van der Waals surface area contributed by atoms with Crippen LogP contribution in [0, 0.1) is 10.1 Å². The molecule has 0 aliphatic rings. The number of amides is 2. The number of non-ortho nitro benzene ring substituents is 1. The second kappa shape index (κ2) is 7.31. The van der Waals surface area contributed by atoms with Gasteiger partial charge in [0.25, 0.3) is 11.6 Å². The van der Waals surface area contributed by atoms with Gasteiger partial charge in [-0.25, -0.2) is 0 Å². The number of hydrogen-bond donors (Lipinski definition) is 3. The van der Waals surface area contributed by atoms with Crippen molar-refractivity contribution < 1.29 is 24.7 Å². The molecule has 0 unspecified atom stereocenters. The third kappa shape index (κ3) is 4.23. The number of nitro benzene ring substituents is 1. The van der Waals surface area contributed by atoms with E-state index in [4.69, 9.17) is 15.9 Å². The molecule has 0 heterocycles. The van der Waals surface area contributed by atoms with Crippen molar-refractivity contribution >= 4 is 17.5 Å². The number of nitro groups is 1. The molecule has 0 spiro atoms. The average molecular weight is 297 g/mol. The monoisotopic (exact) mass is 297 g/mol. The molecule has 114 valence electrons. The van der Waals surface area contributed by atoms with Crippen LogP contribution < -0.4 is 5.73 Å². The van der Waals surface area contributed by atoms with Crippen LogP contribution in [0.5, 0.6) is 0 Å². The van der Waals surface area contributed by atoms with Gasteiger partial charge in [0.05, 0.1) is 18.1 Å². The van der Waals surface area contributed by atoms with Crippen molar-refractivity contribution in [3.8, 4) is 0 Å². The summed E-state index contributed by atoms with van der Waals surface area (Å²) in [4.78, 5) is 34.6. The summed E-state index contributed by atoms with van der Waals surface area (Å²) in [6.07, 6.45) is 0. The molecule has 0 aliphatic heterocycles. The van der Waals surface area contributed by atoms with Gasteiger partial charge in [0.2, 0.25) is 5.91 Å². The molecule has 1 rings (SSSR count). The lowest BCUT2D eigenvalue weighted by Gasteiger charge is -2.20. The second-order valence-electron chi connectivity index (χ2n) is 4.13. The van der Waals surface area contributed by atoms with Gasteiger partial charge >= 0.3 is 0 Å². The minimum Gasteiger partial charge on any atom is -0.395 e.